The van der Waals surface area contributed by atoms with Gasteiger partial charge in [-0.2, -0.15) is 42.1 Å². The topological polar surface area (TPSA) is 498 Å². The summed E-state index contributed by atoms with van der Waals surface area (Å²) in [5.41, 5.74) is 5.10. The van der Waals surface area contributed by atoms with Crippen LogP contribution in [0.5, 0.6) is 5.75 Å². The number of carbonyl (C=O) groups is 1. The molecule has 2 aliphatic heterocycles. The average molecular weight is 1570 g/mol. The molecule has 0 radical (unpaired) electrons. The molecule has 3 aromatic heterocycles. The monoisotopic (exact) mass is 1560 g/mol. The number of hydrogen-bond donors (Lipinski definition) is 8. The van der Waals surface area contributed by atoms with E-state index in [0.29, 0.717) is 70.0 Å². The number of rotatable bonds is 8. The van der Waals surface area contributed by atoms with Crippen molar-refractivity contribution in [3.8, 4) is 51.3 Å². The number of hydrogen-bond acceptors (Lipinski definition) is 22. The average Bonchev–Trinajstić information content (AvgIpc) is 0.888. The Bertz CT molecular complexity index is 5850. The van der Waals surface area contributed by atoms with Crippen molar-refractivity contribution < 1.29 is 103 Å². The number of fused-ring (bicyclic) bond motifs is 22. The van der Waals surface area contributed by atoms with Crippen molar-refractivity contribution in [2.75, 3.05) is 35.1 Å². The molecule has 0 fully saturated rings. The molecular formula is C65H56N12O19S6Zn. The Kier molecular flexibility index (Phi) is 24.0. The number of nitrogens with one attached hydrogen (secondary N) is 2. The summed E-state index contributed by atoms with van der Waals surface area (Å²) in [6.07, 6.45) is 3.09. The number of anilines is 2. The molecule has 528 valence electrons. The third kappa shape index (κ3) is 20.3. The third-order valence-electron chi connectivity index (χ3n) is 13.8. The molecule has 14 rings (SSSR count). The Balaban J connectivity index is 0.000000213. The fraction of sp³-hybridized carbons (Fsp3) is 0.0923. The van der Waals surface area contributed by atoms with Gasteiger partial charge in [-0.15, -0.1) is 10.2 Å². The van der Waals surface area contributed by atoms with Crippen LogP contribution >= 0.6 is 0 Å². The number of benzene rings is 9. The first-order chi connectivity index (χ1) is 47.8. The van der Waals surface area contributed by atoms with E-state index in [9.17, 15) is 69.5 Å². The van der Waals surface area contributed by atoms with E-state index >= 15 is 0 Å². The van der Waals surface area contributed by atoms with Crippen LogP contribution in [0.2, 0.25) is 0 Å². The number of nitrogens with zero attached hydrogens (tertiary/aromatic N) is 10. The van der Waals surface area contributed by atoms with E-state index in [-0.39, 0.29) is 52.9 Å². The predicted octanol–water partition coefficient (Wildman–Crippen LogP) is 10.9. The molecule has 38 heteroatoms. The summed E-state index contributed by atoms with van der Waals surface area (Å²) in [6.45, 7) is 4.00. The Morgan fingerprint density at radius 3 is 1.17 bits per heavy atom. The van der Waals surface area contributed by atoms with Gasteiger partial charge in [0.2, 0.25) is 10.0 Å². The van der Waals surface area contributed by atoms with Gasteiger partial charge in [-0.05, 0) is 80.8 Å². The van der Waals surface area contributed by atoms with Crippen molar-refractivity contribution >= 4 is 155 Å². The number of aromatic nitrogens is 8. The predicted molar refractivity (Wildman–Crippen MR) is 384 cm³/mol. The molecule has 5 heterocycles. The molecule has 0 spiro atoms. The minimum Gasteiger partial charge on any atom is -0.505 e. The Morgan fingerprint density at radius 2 is 0.796 bits per heavy atom. The van der Waals surface area contributed by atoms with Crippen LogP contribution in [-0.4, -0.2) is 139 Å². The maximum atomic E-state index is 13.2. The Labute approximate surface area is 600 Å². The fourth-order valence-corrected chi connectivity index (χ4v) is 11.7. The zero-order valence-corrected chi connectivity index (χ0v) is 62.3. The maximum absolute atomic E-state index is 13.2. The molecule has 0 saturated heterocycles. The van der Waals surface area contributed by atoms with Crippen LogP contribution in [-0.2, 0) is 80.1 Å². The van der Waals surface area contributed by atoms with Gasteiger partial charge < -0.3 is 40.3 Å². The second kappa shape index (κ2) is 31.5. The molecule has 0 atom stereocenters. The summed E-state index contributed by atoms with van der Waals surface area (Å²) in [7, 11) is -24.6. The van der Waals surface area contributed by atoms with Gasteiger partial charge in [-0.1, -0.05) is 147 Å². The van der Waals surface area contributed by atoms with E-state index in [0.717, 1.165) is 73.6 Å². The van der Waals surface area contributed by atoms with Crippen molar-refractivity contribution in [3.05, 3.63) is 188 Å². The van der Waals surface area contributed by atoms with Crippen LogP contribution in [0.3, 0.4) is 0 Å². The molecule has 2 aliphatic rings. The largest absolute Gasteiger partial charge is 2.00 e. The van der Waals surface area contributed by atoms with Crippen molar-refractivity contribution in [1.82, 2.24) is 39.9 Å². The number of phenols is 1. The van der Waals surface area contributed by atoms with E-state index in [1.165, 1.54) is 24.3 Å². The van der Waals surface area contributed by atoms with E-state index < -0.39 is 87.7 Å². The molecule has 8 N–H and O–H groups in total. The zero-order valence-electron chi connectivity index (χ0n) is 54.4. The summed E-state index contributed by atoms with van der Waals surface area (Å²) in [4.78, 5) is 50.7. The van der Waals surface area contributed by atoms with E-state index in [4.69, 9.17) is 53.5 Å². The van der Waals surface area contributed by atoms with Gasteiger partial charge in [0.25, 0.3) is 56.5 Å². The summed E-state index contributed by atoms with van der Waals surface area (Å²) in [6, 6.07) is 51.6. The Morgan fingerprint density at radius 1 is 0.427 bits per heavy atom. The van der Waals surface area contributed by atoms with Crippen LogP contribution in [0, 0.1) is 0 Å². The van der Waals surface area contributed by atoms with Gasteiger partial charge in [0.05, 0.1) is 64.6 Å². The summed E-state index contributed by atoms with van der Waals surface area (Å²) in [5, 5.41) is 26.1. The zero-order chi connectivity index (χ0) is 74.4. The number of carbonyl (C=O) groups excluding carboxylic acids is 1. The van der Waals surface area contributed by atoms with E-state index in [2.05, 4.69) is 20.3 Å². The molecule has 31 nitrogen and oxygen atoms in total. The minimum absolute atomic E-state index is 0. The van der Waals surface area contributed by atoms with Gasteiger partial charge in [0, 0.05) is 66.9 Å². The number of aromatic hydroxyl groups is 1. The molecule has 0 unspecified atom stereocenters. The van der Waals surface area contributed by atoms with Gasteiger partial charge in [0.15, 0.2) is 5.75 Å². The summed E-state index contributed by atoms with van der Waals surface area (Å²) >= 11 is 0. The summed E-state index contributed by atoms with van der Waals surface area (Å²) in [5.74, 6) is 0.459. The molecule has 103 heavy (non-hydrogen) atoms. The van der Waals surface area contributed by atoms with E-state index in [1.54, 1.807) is 30.3 Å². The van der Waals surface area contributed by atoms with Gasteiger partial charge >= 0.3 is 19.5 Å². The van der Waals surface area contributed by atoms with Crippen molar-refractivity contribution in [3.63, 3.8) is 0 Å². The quantitative estimate of drug-likeness (QED) is 0.0398. The molecule has 8 bridgehead atoms. The molecule has 9 aromatic carbocycles. The number of azo groups is 1. The second-order valence-electron chi connectivity index (χ2n) is 21.6. The maximum Gasteiger partial charge on any atom is 2.00 e. The van der Waals surface area contributed by atoms with E-state index in [1.807, 2.05) is 123 Å². The molecule has 0 aliphatic carbocycles. The van der Waals surface area contributed by atoms with Crippen LogP contribution in [0.25, 0.3) is 111 Å². The first-order valence-corrected chi connectivity index (χ1v) is 39.6. The van der Waals surface area contributed by atoms with Crippen molar-refractivity contribution in [2.24, 2.45) is 10.2 Å². The van der Waals surface area contributed by atoms with Gasteiger partial charge in [0.1, 0.15) is 10.6 Å². The first kappa shape index (κ1) is 78.4. The van der Waals surface area contributed by atoms with Crippen LogP contribution < -0.4 is 20.0 Å². The number of amides is 1. The normalized spacial score (nSPS) is 11.9. The molecule has 0 saturated carbocycles. The minimum atomic E-state index is -5.10. The fourth-order valence-electron chi connectivity index (χ4n) is 9.96. The van der Waals surface area contributed by atoms with Crippen molar-refractivity contribution in [2.45, 2.75) is 23.6 Å². The van der Waals surface area contributed by atoms with Crippen LogP contribution in [0.15, 0.2) is 202 Å². The Hall–Kier alpha value is -10.3. The first-order valence-electron chi connectivity index (χ1n) is 29.2. The summed E-state index contributed by atoms with van der Waals surface area (Å²) < 4.78 is 171. The molecule has 1 amide bonds. The van der Waals surface area contributed by atoms with Gasteiger partial charge in [-0.25, -0.2) is 18.4 Å². The van der Waals surface area contributed by atoms with Crippen molar-refractivity contribution in [1.29, 1.82) is 0 Å². The van der Waals surface area contributed by atoms with Crippen LogP contribution in [0.1, 0.15) is 24.2 Å². The second-order valence-corrected chi connectivity index (χ2v) is 30.5. The number of sulfonamides is 1. The SMILES string of the molecule is CC.CS(=O)(=O)Nc1ccc(C(=O)Nc2cc(S(=O)(=O)O)cc3cc(S(=O)(=O)O)c(N=Nc4cccc5ccccc45)c(O)c23)cc1.CS(=O)(=O)O.CS(=O)(=O)O.CS(=O)(=O)O.[Zn+2].c1ccc2c(c1)-c1nc-2nc2[n-]c(nc3nc(nc4[n-]c(n1)c1ccccc41)-c1ccccc1-3)c1ccccc21. The molecule has 12 aromatic rings. The third-order valence-corrected chi connectivity index (χ3v) is 16.1. The smallest absolute Gasteiger partial charge is 0.505 e. The molecular weight excluding hydrogens is 1510 g/mol. The van der Waals surface area contributed by atoms with Crippen LogP contribution in [0.4, 0.5) is 22.7 Å². The standard InChI is InChI=1S/C32H16N8.C28H22N4O10S3.C2H6.3CH4O3S.Zn/c1-2-10-18-17(9-1)25-33-26(18)38-28-21-13-5-6-14-22(21)30(35-28)40-32-24-16-8-7-15-23(24)31(36-32)39-29-20-12-4-3-11-19(20)27(34-29)37-25;1-43(35,36)32-19-11-9-17(10-12-19)28(34)29-23-15-20(44(37,38)39)13-18-14-24(45(40,41)42)26(27(33)25(18)23)31-30-22-8-4-6-16-5-2-3-7-21(16)22;1-2;3*1-5(2,3)4;/h1-16H;2-15,32-33H,1H3,(H,29,34)(H,37,38,39)(H,40,41,42);1-2H3;3*1H3,(H,2,3,4);/q-2;;;;;;+2. The number of phenolic OH excluding ortho intramolecular Hbond substituents is 1. The van der Waals surface area contributed by atoms with Gasteiger partial charge in [-0.3, -0.25) is 32.3 Å².